The summed E-state index contributed by atoms with van der Waals surface area (Å²) in [6.45, 7) is 0.826. The fourth-order valence-electron chi connectivity index (χ4n) is 2.89. The summed E-state index contributed by atoms with van der Waals surface area (Å²) in [6.07, 6.45) is 4.97. The van der Waals surface area contributed by atoms with Gasteiger partial charge >= 0.3 is 5.97 Å². The monoisotopic (exact) mass is 293 g/mol. The Bertz CT molecular complexity index is 662. The molecule has 2 aromatic rings. The first-order valence-electron chi connectivity index (χ1n) is 7.54. The topological polar surface area (TPSA) is 49.3 Å². The van der Waals surface area contributed by atoms with E-state index >= 15 is 0 Å². The third-order valence-corrected chi connectivity index (χ3v) is 4.04. The summed E-state index contributed by atoms with van der Waals surface area (Å²) < 4.78 is 0. The SMILES string of the molecule is O=C(O)[C@@H](c1ccc(-c2ccccc2)cc1)[C@@H]1C=CCCN1. The molecular formula is C19H19NO2. The van der Waals surface area contributed by atoms with Crippen LogP contribution in [-0.4, -0.2) is 23.7 Å². The number of carbonyl (C=O) groups is 1. The molecular weight excluding hydrogens is 274 g/mol. The van der Waals surface area contributed by atoms with Crippen LogP contribution in [0.4, 0.5) is 0 Å². The van der Waals surface area contributed by atoms with Crippen LogP contribution in [0.25, 0.3) is 11.1 Å². The summed E-state index contributed by atoms with van der Waals surface area (Å²) >= 11 is 0. The van der Waals surface area contributed by atoms with Crippen LogP contribution in [0.2, 0.25) is 0 Å². The molecule has 2 aromatic carbocycles. The van der Waals surface area contributed by atoms with Crippen molar-refractivity contribution in [2.45, 2.75) is 18.4 Å². The zero-order valence-electron chi connectivity index (χ0n) is 12.3. The van der Waals surface area contributed by atoms with Crippen LogP contribution in [0.1, 0.15) is 17.9 Å². The Morgan fingerprint density at radius 1 is 1.05 bits per heavy atom. The third-order valence-electron chi connectivity index (χ3n) is 4.04. The van der Waals surface area contributed by atoms with E-state index in [-0.39, 0.29) is 6.04 Å². The average Bonchev–Trinajstić information content (AvgIpc) is 2.57. The van der Waals surface area contributed by atoms with E-state index in [1.807, 2.05) is 48.5 Å². The highest BCUT2D eigenvalue weighted by molar-refractivity contribution is 5.78. The van der Waals surface area contributed by atoms with Gasteiger partial charge in [-0.3, -0.25) is 4.79 Å². The van der Waals surface area contributed by atoms with Crippen molar-refractivity contribution in [3.8, 4) is 11.1 Å². The molecule has 0 saturated carbocycles. The van der Waals surface area contributed by atoms with Crippen LogP contribution in [-0.2, 0) is 4.79 Å². The highest BCUT2D eigenvalue weighted by Crippen LogP contribution is 2.26. The fourth-order valence-corrected chi connectivity index (χ4v) is 2.89. The largest absolute Gasteiger partial charge is 0.481 e. The molecule has 0 spiro atoms. The smallest absolute Gasteiger partial charge is 0.312 e. The van der Waals surface area contributed by atoms with Crippen molar-refractivity contribution < 1.29 is 9.90 Å². The number of aliphatic carboxylic acids is 1. The molecule has 0 saturated heterocycles. The van der Waals surface area contributed by atoms with Crippen molar-refractivity contribution in [3.05, 3.63) is 72.3 Å². The molecule has 3 rings (SSSR count). The molecule has 0 bridgehead atoms. The maximum absolute atomic E-state index is 11.7. The van der Waals surface area contributed by atoms with Gasteiger partial charge in [-0.2, -0.15) is 0 Å². The zero-order valence-corrected chi connectivity index (χ0v) is 12.3. The van der Waals surface area contributed by atoms with E-state index in [0.717, 1.165) is 29.7 Å². The van der Waals surface area contributed by atoms with Crippen LogP contribution in [0, 0.1) is 0 Å². The lowest BCUT2D eigenvalue weighted by Crippen LogP contribution is -2.39. The standard InChI is InChI=1S/C19H19NO2/c21-19(22)18(17-8-4-5-13-20-17)16-11-9-15(10-12-16)14-6-2-1-3-7-14/h1-4,6-12,17-18,20H,5,13H2,(H,21,22)/t17-,18-/m0/s1. The van der Waals surface area contributed by atoms with Crippen LogP contribution in [0.5, 0.6) is 0 Å². The Morgan fingerprint density at radius 2 is 1.73 bits per heavy atom. The van der Waals surface area contributed by atoms with E-state index in [4.69, 9.17) is 0 Å². The third kappa shape index (κ3) is 3.10. The van der Waals surface area contributed by atoms with E-state index in [0.29, 0.717) is 0 Å². The molecule has 2 N–H and O–H groups in total. The molecule has 22 heavy (non-hydrogen) atoms. The maximum atomic E-state index is 11.7. The second-order valence-corrected chi connectivity index (χ2v) is 5.50. The normalized spacial score (nSPS) is 18.8. The summed E-state index contributed by atoms with van der Waals surface area (Å²) in [6, 6.07) is 17.8. The van der Waals surface area contributed by atoms with Crippen molar-refractivity contribution in [2.24, 2.45) is 0 Å². The number of rotatable bonds is 4. The summed E-state index contributed by atoms with van der Waals surface area (Å²) in [7, 11) is 0. The molecule has 0 amide bonds. The Balaban J connectivity index is 1.88. The summed E-state index contributed by atoms with van der Waals surface area (Å²) in [5, 5.41) is 12.9. The van der Waals surface area contributed by atoms with E-state index in [1.165, 1.54) is 0 Å². The van der Waals surface area contributed by atoms with Gasteiger partial charge in [0.1, 0.15) is 5.92 Å². The lowest BCUT2D eigenvalue weighted by Gasteiger charge is -2.25. The van der Waals surface area contributed by atoms with Gasteiger partial charge < -0.3 is 10.4 Å². The molecule has 1 aliphatic rings. The molecule has 0 fully saturated rings. The molecule has 3 nitrogen and oxygen atoms in total. The van der Waals surface area contributed by atoms with E-state index in [1.54, 1.807) is 0 Å². The first-order valence-corrected chi connectivity index (χ1v) is 7.54. The molecule has 112 valence electrons. The molecule has 0 unspecified atom stereocenters. The highest BCUT2D eigenvalue weighted by atomic mass is 16.4. The molecule has 1 aliphatic heterocycles. The first kappa shape index (κ1) is 14.5. The van der Waals surface area contributed by atoms with Gasteiger partial charge in [0, 0.05) is 6.04 Å². The Morgan fingerprint density at radius 3 is 2.32 bits per heavy atom. The number of hydrogen-bond acceptors (Lipinski definition) is 2. The predicted molar refractivity (Wildman–Crippen MR) is 87.8 cm³/mol. The van der Waals surface area contributed by atoms with Crippen molar-refractivity contribution in [1.82, 2.24) is 5.32 Å². The summed E-state index contributed by atoms with van der Waals surface area (Å²) in [5.41, 5.74) is 3.06. The Hall–Kier alpha value is -2.39. The van der Waals surface area contributed by atoms with Gasteiger partial charge in [-0.15, -0.1) is 0 Å². The van der Waals surface area contributed by atoms with Crippen molar-refractivity contribution >= 4 is 5.97 Å². The second-order valence-electron chi connectivity index (χ2n) is 5.50. The second kappa shape index (κ2) is 6.58. The van der Waals surface area contributed by atoms with Gasteiger partial charge in [0.2, 0.25) is 0 Å². The molecule has 3 heteroatoms. The van der Waals surface area contributed by atoms with Gasteiger partial charge in [0.15, 0.2) is 0 Å². The summed E-state index contributed by atoms with van der Waals surface area (Å²) in [5.74, 6) is -1.35. The van der Waals surface area contributed by atoms with Crippen LogP contribution in [0.3, 0.4) is 0 Å². The number of benzene rings is 2. The number of carboxylic acids is 1. The first-order chi connectivity index (χ1) is 10.8. The molecule has 0 radical (unpaired) electrons. The predicted octanol–water partition coefficient (Wildman–Crippen LogP) is 3.44. The van der Waals surface area contributed by atoms with Gasteiger partial charge in [-0.1, -0.05) is 66.7 Å². The maximum Gasteiger partial charge on any atom is 0.312 e. The van der Waals surface area contributed by atoms with E-state index < -0.39 is 11.9 Å². The minimum atomic E-state index is -0.795. The van der Waals surface area contributed by atoms with Crippen LogP contribution in [0.15, 0.2) is 66.7 Å². The summed E-state index contributed by atoms with van der Waals surface area (Å²) in [4.78, 5) is 11.7. The van der Waals surface area contributed by atoms with E-state index in [9.17, 15) is 9.90 Å². The molecule has 0 aromatic heterocycles. The molecule has 0 aliphatic carbocycles. The zero-order chi connectivity index (χ0) is 15.4. The van der Waals surface area contributed by atoms with Gasteiger partial charge in [-0.25, -0.2) is 0 Å². The molecule has 2 atom stereocenters. The lowest BCUT2D eigenvalue weighted by atomic mass is 9.89. The van der Waals surface area contributed by atoms with Crippen LogP contribution >= 0.6 is 0 Å². The van der Waals surface area contributed by atoms with Crippen molar-refractivity contribution in [1.29, 1.82) is 0 Å². The minimum absolute atomic E-state index is 0.145. The fraction of sp³-hybridized carbons (Fsp3) is 0.211. The quantitative estimate of drug-likeness (QED) is 0.849. The van der Waals surface area contributed by atoms with Gasteiger partial charge in [0.25, 0.3) is 0 Å². The van der Waals surface area contributed by atoms with Crippen molar-refractivity contribution in [2.75, 3.05) is 6.54 Å². The number of hydrogen-bond donors (Lipinski definition) is 2. The molecule has 1 heterocycles. The van der Waals surface area contributed by atoms with E-state index in [2.05, 4.69) is 23.5 Å². The minimum Gasteiger partial charge on any atom is -0.481 e. The van der Waals surface area contributed by atoms with Crippen molar-refractivity contribution in [3.63, 3.8) is 0 Å². The Kier molecular flexibility index (Phi) is 4.35. The van der Waals surface area contributed by atoms with Gasteiger partial charge in [0.05, 0.1) is 0 Å². The number of carboxylic acid groups (broad SMARTS) is 1. The van der Waals surface area contributed by atoms with Gasteiger partial charge in [-0.05, 0) is 29.7 Å². The Labute approximate surface area is 130 Å². The number of nitrogens with one attached hydrogen (secondary N) is 1. The lowest BCUT2D eigenvalue weighted by molar-refractivity contribution is -0.139. The van der Waals surface area contributed by atoms with Crippen LogP contribution < -0.4 is 5.32 Å². The highest BCUT2D eigenvalue weighted by Gasteiger charge is 2.28. The average molecular weight is 293 g/mol.